The van der Waals surface area contributed by atoms with Crippen LogP contribution in [0, 0.1) is 0 Å². The largest absolute Gasteiger partial charge is 0.391 e. The highest BCUT2D eigenvalue weighted by atomic mass is 16.5. The van der Waals surface area contributed by atoms with Crippen LogP contribution in [0.3, 0.4) is 0 Å². The first-order valence-electron chi connectivity index (χ1n) is 7.20. The van der Waals surface area contributed by atoms with Crippen molar-refractivity contribution in [2.75, 3.05) is 50.0 Å². The molecule has 20 heavy (non-hydrogen) atoms. The summed E-state index contributed by atoms with van der Waals surface area (Å²) >= 11 is 0. The maximum atomic E-state index is 9.64. The van der Waals surface area contributed by atoms with Crippen molar-refractivity contribution >= 4 is 11.6 Å². The molecule has 6 nitrogen and oxygen atoms in total. The molecule has 2 aliphatic heterocycles. The van der Waals surface area contributed by atoms with E-state index in [1.165, 1.54) is 5.56 Å². The molecule has 3 N–H and O–H groups in total. The zero-order chi connectivity index (χ0) is 13.9. The van der Waals surface area contributed by atoms with Gasteiger partial charge in [0.25, 0.3) is 0 Å². The summed E-state index contributed by atoms with van der Waals surface area (Å²) in [6.07, 6.45) is 0.552. The molecule has 0 saturated carbocycles. The fourth-order valence-corrected chi connectivity index (χ4v) is 2.81. The smallest absolute Gasteiger partial charge is 0.131 e. The predicted octanol–water partition coefficient (Wildman–Crippen LogP) is 0.0670. The monoisotopic (exact) mass is 278 g/mol. The number of hydrogen-bond donors (Lipinski definition) is 2. The van der Waals surface area contributed by atoms with Gasteiger partial charge < -0.3 is 20.5 Å². The molecule has 1 unspecified atom stereocenters. The Hall–Kier alpha value is -1.37. The van der Waals surface area contributed by atoms with Gasteiger partial charge in [-0.2, -0.15) is 0 Å². The number of aromatic nitrogens is 1. The van der Waals surface area contributed by atoms with Crippen LogP contribution in [0.15, 0.2) is 12.1 Å². The third kappa shape index (κ3) is 3.20. The number of rotatable bonds is 3. The number of pyridine rings is 1. The molecule has 2 fully saturated rings. The minimum atomic E-state index is -0.249. The van der Waals surface area contributed by atoms with Gasteiger partial charge in [-0.05, 0) is 24.1 Å². The van der Waals surface area contributed by atoms with Crippen LogP contribution in [0.5, 0.6) is 0 Å². The van der Waals surface area contributed by atoms with E-state index in [1.54, 1.807) is 0 Å². The highest BCUT2D eigenvalue weighted by molar-refractivity contribution is 5.49. The number of anilines is 2. The van der Waals surface area contributed by atoms with Gasteiger partial charge >= 0.3 is 0 Å². The molecule has 0 aromatic carbocycles. The van der Waals surface area contributed by atoms with E-state index in [9.17, 15) is 5.11 Å². The van der Waals surface area contributed by atoms with Gasteiger partial charge in [0.15, 0.2) is 0 Å². The van der Waals surface area contributed by atoms with Crippen molar-refractivity contribution in [2.45, 2.75) is 19.1 Å². The van der Waals surface area contributed by atoms with E-state index in [0.717, 1.165) is 51.6 Å². The van der Waals surface area contributed by atoms with E-state index in [4.69, 9.17) is 10.5 Å². The standard InChI is InChI=1S/C14H22N4O2/c15-13-7-11(9-17-3-5-20-6-4-17)8-14(16-13)18-2-1-12(19)10-18/h7-8,12,19H,1-6,9-10H2,(H2,15,16). The molecule has 0 spiro atoms. The van der Waals surface area contributed by atoms with Crippen molar-refractivity contribution in [3.05, 3.63) is 17.7 Å². The lowest BCUT2D eigenvalue weighted by Gasteiger charge is -2.27. The summed E-state index contributed by atoms with van der Waals surface area (Å²) in [5, 5.41) is 9.64. The van der Waals surface area contributed by atoms with Crippen molar-refractivity contribution < 1.29 is 9.84 Å². The van der Waals surface area contributed by atoms with Crippen molar-refractivity contribution in [1.29, 1.82) is 0 Å². The van der Waals surface area contributed by atoms with Gasteiger partial charge in [-0.1, -0.05) is 0 Å². The number of nitrogens with two attached hydrogens (primary N) is 1. The van der Waals surface area contributed by atoms with Gasteiger partial charge in [-0.3, -0.25) is 4.90 Å². The Morgan fingerprint density at radius 1 is 1.30 bits per heavy atom. The van der Waals surface area contributed by atoms with Crippen molar-refractivity contribution in [3.8, 4) is 0 Å². The Morgan fingerprint density at radius 2 is 2.10 bits per heavy atom. The maximum absolute atomic E-state index is 9.64. The zero-order valence-corrected chi connectivity index (χ0v) is 11.7. The molecule has 3 heterocycles. The lowest BCUT2D eigenvalue weighted by atomic mass is 10.2. The zero-order valence-electron chi connectivity index (χ0n) is 11.7. The molecular weight excluding hydrogens is 256 g/mol. The van der Waals surface area contributed by atoms with Crippen LogP contribution in [0.2, 0.25) is 0 Å². The summed E-state index contributed by atoms with van der Waals surface area (Å²) in [6, 6.07) is 4.02. The molecule has 110 valence electrons. The maximum Gasteiger partial charge on any atom is 0.131 e. The van der Waals surface area contributed by atoms with Crippen LogP contribution in [0.4, 0.5) is 11.6 Å². The molecule has 0 amide bonds. The van der Waals surface area contributed by atoms with E-state index in [0.29, 0.717) is 12.4 Å². The van der Waals surface area contributed by atoms with E-state index in [1.807, 2.05) is 6.07 Å². The van der Waals surface area contributed by atoms with Crippen molar-refractivity contribution in [3.63, 3.8) is 0 Å². The average molecular weight is 278 g/mol. The third-order valence-corrected chi connectivity index (χ3v) is 3.89. The number of aliphatic hydroxyl groups excluding tert-OH is 1. The average Bonchev–Trinajstić information content (AvgIpc) is 2.86. The second-order valence-electron chi connectivity index (χ2n) is 5.54. The van der Waals surface area contributed by atoms with E-state index >= 15 is 0 Å². The van der Waals surface area contributed by atoms with Crippen LogP contribution in [0.1, 0.15) is 12.0 Å². The van der Waals surface area contributed by atoms with Gasteiger partial charge in [0.05, 0.1) is 19.3 Å². The Bertz CT molecular complexity index is 462. The number of aliphatic hydroxyl groups is 1. The minimum absolute atomic E-state index is 0.249. The Kier molecular flexibility index (Phi) is 4.05. The quantitative estimate of drug-likeness (QED) is 0.815. The molecule has 1 aromatic rings. The summed E-state index contributed by atoms with van der Waals surface area (Å²) in [6.45, 7) is 5.87. The molecule has 1 atom stereocenters. The lowest BCUT2D eigenvalue weighted by molar-refractivity contribution is 0.0342. The second kappa shape index (κ2) is 5.95. The molecule has 1 aromatic heterocycles. The van der Waals surface area contributed by atoms with Crippen LogP contribution < -0.4 is 10.6 Å². The number of morpholine rings is 1. The van der Waals surface area contributed by atoms with Gasteiger partial charge in [-0.25, -0.2) is 4.98 Å². The van der Waals surface area contributed by atoms with Crippen molar-refractivity contribution in [1.82, 2.24) is 9.88 Å². The molecule has 0 aliphatic carbocycles. The fourth-order valence-electron chi connectivity index (χ4n) is 2.81. The normalized spacial score (nSPS) is 24.2. The van der Waals surface area contributed by atoms with E-state index in [-0.39, 0.29) is 6.10 Å². The molecule has 0 bridgehead atoms. The fraction of sp³-hybridized carbons (Fsp3) is 0.643. The van der Waals surface area contributed by atoms with Gasteiger partial charge in [0.2, 0.25) is 0 Å². The van der Waals surface area contributed by atoms with Crippen LogP contribution in [-0.2, 0) is 11.3 Å². The summed E-state index contributed by atoms with van der Waals surface area (Å²) in [7, 11) is 0. The third-order valence-electron chi connectivity index (χ3n) is 3.89. The van der Waals surface area contributed by atoms with Gasteiger partial charge in [0, 0.05) is 32.7 Å². The molecule has 2 saturated heterocycles. The lowest BCUT2D eigenvalue weighted by Crippen LogP contribution is -2.35. The SMILES string of the molecule is Nc1cc(CN2CCOCC2)cc(N2CCC(O)C2)n1. The van der Waals surface area contributed by atoms with Gasteiger partial charge in [-0.15, -0.1) is 0 Å². The molecule has 6 heteroatoms. The summed E-state index contributed by atoms with van der Waals surface area (Å²) in [4.78, 5) is 8.86. The first kappa shape index (κ1) is 13.6. The molecular formula is C14H22N4O2. The van der Waals surface area contributed by atoms with Crippen LogP contribution in [0.25, 0.3) is 0 Å². The Morgan fingerprint density at radius 3 is 2.80 bits per heavy atom. The van der Waals surface area contributed by atoms with Gasteiger partial charge in [0.1, 0.15) is 11.6 Å². The highest BCUT2D eigenvalue weighted by Gasteiger charge is 2.22. The summed E-state index contributed by atoms with van der Waals surface area (Å²) < 4.78 is 5.36. The number of ether oxygens (including phenoxy) is 1. The number of nitrogens with zero attached hydrogens (tertiary/aromatic N) is 3. The summed E-state index contributed by atoms with van der Waals surface area (Å²) in [5.74, 6) is 1.43. The topological polar surface area (TPSA) is 74.8 Å². The Labute approximate surface area is 119 Å². The Balaban J connectivity index is 1.72. The second-order valence-corrected chi connectivity index (χ2v) is 5.54. The molecule has 3 rings (SSSR count). The van der Waals surface area contributed by atoms with E-state index < -0.39 is 0 Å². The highest BCUT2D eigenvalue weighted by Crippen LogP contribution is 2.22. The molecule has 2 aliphatic rings. The molecule has 0 radical (unpaired) electrons. The number of β-amino-alcohol motifs (C(OH)–C–C–N with tert-alkyl or cyclic N) is 1. The van der Waals surface area contributed by atoms with E-state index in [2.05, 4.69) is 20.9 Å². The first-order valence-corrected chi connectivity index (χ1v) is 7.20. The number of nitrogen functional groups attached to an aromatic ring is 1. The predicted molar refractivity (Wildman–Crippen MR) is 77.6 cm³/mol. The van der Waals surface area contributed by atoms with Crippen LogP contribution >= 0.6 is 0 Å². The minimum Gasteiger partial charge on any atom is -0.391 e. The number of hydrogen-bond acceptors (Lipinski definition) is 6. The summed E-state index contributed by atoms with van der Waals surface area (Å²) in [5.41, 5.74) is 7.10. The first-order chi connectivity index (χ1) is 9.70. The van der Waals surface area contributed by atoms with Crippen LogP contribution in [-0.4, -0.2) is 60.5 Å². The van der Waals surface area contributed by atoms with Crippen molar-refractivity contribution in [2.24, 2.45) is 0 Å².